The number of rotatable bonds is 2. The van der Waals surface area contributed by atoms with Gasteiger partial charge in [-0.05, 0) is 49.1 Å². The zero-order valence-electron chi connectivity index (χ0n) is 14.3. The molecule has 0 atom stereocenters. The van der Waals surface area contributed by atoms with Gasteiger partial charge in [0, 0.05) is 19.7 Å². The third-order valence-corrected chi connectivity index (χ3v) is 6.49. The molecule has 0 spiro atoms. The first kappa shape index (κ1) is 16.8. The number of hydrogen-bond acceptors (Lipinski definition) is 4. The summed E-state index contributed by atoms with van der Waals surface area (Å²) in [5, 5.41) is 0. The molecule has 0 unspecified atom stereocenters. The molecule has 0 saturated carbocycles. The minimum atomic E-state index is -3.98. The van der Waals surface area contributed by atoms with Gasteiger partial charge in [-0.3, -0.25) is 8.87 Å². The second-order valence-electron chi connectivity index (χ2n) is 6.49. The molecule has 0 amide bonds. The summed E-state index contributed by atoms with van der Waals surface area (Å²) in [6.07, 6.45) is 1.24. The van der Waals surface area contributed by atoms with E-state index in [0.717, 1.165) is 9.87 Å². The van der Waals surface area contributed by atoms with Crippen LogP contribution in [0.2, 0.25) is 0 Å². The van der Waals surface area contributed by atoms with Crippen LogP contribution in [0, 0.1) is 12.7 Å². The Labute approximate surface area is 149 Å². The van der Waals surface area contributed by atoms with Crippen molar-refractivity contribution < 1.29 is 17.2 Å². The number of aryl methyl sites for hydroxylation is 3. The van der Waals surface area contributed by atoms with E-state index in [1.165, 1.54) is 28.8 Å². The van der Waals surface area contributed by atoms with E-state index in [0.29, 0.717) is 23.9 Å². The average molecular weight is 376 g/mol. The molecule has 1 aliphatic rings. The molecule has 0 aliphatic carbocycles. The summed E-state index contributed by atoms with van der Waals surface area (Å²) in [7, 11) is -2.44. The van der Waals surface area contributed by atoms with Crippen LogP contribution in [0.1, 0.15) is 17.5 Å². The highest BCUT2D eigenvalue weighted by atomic mass is 32.2. The van der Waals surface area contributed by atoms with Crippen molar-refractivity contribution in [2.24, 2.45) is 7.05 Å². The van der Waals surface area contributed by atoms with Crippen molar-refractivity contribution in [2.45, 2.75) is 24.7 Å². The van der Waals surface area contributed by atoms with E-state index in [-0.39, 0.29) is 22.7 Å². The molecule has 1 aromatic heterocycles. The van der Waals surface area contributed by atoms with E-state index in [9.17, 15) is 17.6 Å². The highest BCUT2D eigenvalue weighted by Gasteiger charge is 2.32. The first-order valence-corrected chi connectivity index (χ1v) is 9.64. The normalized spacial score (nSPS) is 14.7. The molecule has 0 fully saturated rings. The summed E-state index contributed by atoms with van der Waals surface area (Å²) in [4.78, 5) is 11.6. The zero-order valence-corrected chi connectivity index (χ0v) is 15.1. The minimum Gasteiger partial charge on any atom is -0.408 e. The van der Waals surface area contributed by atoms with Crippen LogP contribution in [0.3, 0.4) is 0 Å². The molecule has 1 aliphatic heterocycles. The second-order valence-corrected chi connectivity index (χ2v) is 8.35. The molecule has 6 nitrogen and oxygen atoms in total. The van der Waals surface area contributed by atoms with E-state index in [4.69, 9.17) is 4.42 Å². The highest BCUT2D eigenvalue weighted by molar-refractivity contribution is 7.92. The summed E-state index contributed by atoms with van der Waals surface area (Å²) >= 11 is 0. The van der Waals surface area contributed by atoms with Gasteiger partial charge in [-0.2, -0.15) is 0 Å². The largest absolute Gasteiger partial charge is 0.419 e. The number of hydrogen-bond donors (Lipinski definition) is 0. The van der Waals surface area contributed by atoms with Crippen molar-refractivity contribution in [3.63, 3.8) is 0 Å². The van der Waals surface area contributed by atoms with Gasteiger partial charge in [-0.1, -0.05) is 6.07 Å². The third-order valence-electron chi connectivity index (χ3n) is 4.70. The molecule has 0 bridgehead atoms. The van der Waals surface area contributed by atoms with Crippen LogP contribution in [-0.4, -0.2) is 19.5 Å². The van der Waals surface area contributed by atoms with Crippen molar-refractivity contribution in [2.75, 3.05) is 10.8 Å². The van der Waals surface area contributed by atoms with Crippen molar-refractivity contribution in [3.8, 4) is 0 Å². The van der Waals surface area contributed by atoms with Gasteiger partial charge in [0.2, 0.25) is 0 Å². The number of halogens is 1. The summed E-state index contributed by atoms with van der Waals surface area (Å²) in [5.41, 5.74) is 2.23. The van der Waals surface area contributed by atoms with Crippen LogP contribution in [0.4, 0.5) is 10.1 Å². The Hall–Kier alpha value is -2.61. The van der Waals surface area contributed by atoms with Crippen molar-refractivity contribution >= 4 is 26.8 Å². The maximum Gasteiger partial charge on any atom is 0.419 e. The summed E-state index contributed by atoms with van der Waals surface area (Å²) < 4.78 is 48.4. The third kappa shape index (κ3) is 2.44. The van der Waals surface area contributed by atoms with Crippen LogP contribution in [0.15, 0.2) is 44.4 Å². The number of benzene rings is 2. The molecule has 8 heteroatoms. The minimum absolute atomic E-state index is 0.0350. The molecular weight excluding hydrogens is 359 g/mol. The van der Waals surface area contributed by atoms with Gasteiger partial charge in [0.15, 0.2) is 5.58 Å². The Morgan fingerprint density at radius 2 is 1.96 bits per heavy atom. The highest BCUT2D eigenvalue weighted by Crippen LogP contribution is 2.35. The summed E-state index contributed by atoms with van der Waals surface area (Å²) in [6, 6.07) is 7.40. The maximum absolute atomic E-state index is 14.6. The van der Waals surface area contributed by atoms with Crippen molar-refractivity contribution in [3.05, 3.63) is 57.8 Å². The van der Waals surface area contributed by atoms with Crippen molar-refractivity contribution in [1.82, 2.24) is 4.57 Å². The Morgan fingerprint density at radius 3 is 2.73 bits per heavy atom. The van der Waals surface area contributed by atoms with Crippen molar-refractivity contribution in [1.29, 1.82) is 0 Å². The van der Waals surface area contributed by atoms with Gasteiger partial charge < -0.3 is 4.42 Å². The fraction of sp³-hybridized carbons (Fsp3) is 0.278. The lowest BCUT2D eigenvalue weighted by Gasteiger charge is -2.31. The van der Waals surface area contributed by atoms with Gasteiger partial charge in [0.1, 0.15) is 5.82 Å². The first-order valence-electron chi connectivity index (χ1n) is 8.20. The van der Waals surface area contributed by atoms with E-state index >= 15 is 0 Å². The number of sulfonamides is 1. The number of aromatic nitrogens is 1. The Kier molecular flexibility index (Phi) is 3.69. The van der Waals surface area contributed by atoms with Gasteiger partial charge in [-0.25, -0.2) is 17.6 Å². The van der Waals surface area contributed by atoms with E-state index in [2.05, 4.69) is 0 Å². The lowest BCUT2D eigenvalue weighted by Crippen LogP contribution is -2.36. The zero-order chi connectivity index (χ0) is 18.6. The second kappa shape index (κ2) is 5.70. The predicted octanol–water partition coefficient (Wildman–Crippen LogP) is 2.72. The van der Waals surface area contributed by atoms with E-state index in [1.54, 1.807) is 14.0 Å². The standard InChI is InChI=1S/C18H17FN2O4S/c1-11-8-12-4-3-7-21(17(12)14(19)9-11)26(23,24)13-5-6-15-16(10-13)25-18(22)20(15)2/h5-6,8-10H,3-4,7H2,1-2H3. The molecule has 3 aromatic rings. The van der Waals surface area contributed by atoms with Gasteiger partial charge >= 0.3 is 5.76 Å². The molecule has 0 N–H and O–H groups in total. The number of anilines is 1. The SMILES string of the molecule is Cc1cc(F)c2c(c1)CCCN2S(=O)(=O)c1ccc2c(c1)oc(=O)n2C. The fourth-order valence-electron chi connectivity index (χ4n) is 3.44. The quantitative estimate of drug-likeness (QED) is 0.689. The fourth-order valence-corrected chi connectivity index (χ4v) is 5.01. The summed E-state index contributed by atoms with van der Waals surface area (Å²) in [5.74, 6) is -1.12. The van der Waals surface area contributed by atoms with Crippen LogP contribution in [0.5, 0.6) is 0 Å². The van der Waals surface area contributed by atoms with Crippen LogP contribution < -0.4 is 10.1 Å². The number of oxazole rings is 1. The molecule has 2 aromatic carbocycles. The molecule has 0 saturated heterocycles. The molecule has 4 rings (SSSR count). The van der Waals surface area contributed by atoms with Gasteiger partial charge in [0.25, 0.3) is 10.0 Å². The number of nitrogens with zero attached hydrogens (tertiary/aromatic N) is 2. The predicted molar refractivity (Wildman–Crippen MR) is 95.4 cm³/mol. The number of fused-ring (bicyclic) bond motifs is 2. The molecule has 136 valence electrons. The lowest BCUT2D eigenvalue weighted by atomic mass is 10.0. The summed E-state index contributed by atoms with van der Waals surface area (Å²) in [6.45, 7) is 1.98. The first-order chi connectivity index (χ1) is 12.3. The van der Waals surface area contributed by atoms with Crippen LogP contribution in [0.25, 0.3) is 11.1 Å². The Balaban J connectivity index is 1.87. The smallest absolute Gasteiger partial charge is 0.408 e. The van der Waals surface area contributed by atoms with Crippen LogP contribution >= 0.6 is 0 Å². The Bertz CT molecular complexity index is 1190. The molecule has 2 heterocycles. The van der Waals surface area contributed by atoms with Crippen LogP contribution in [-0.2, 0) is 23.5 Å². The lowest BCUT2D eigenvalue weighted by molar-refractivity contribution is 0.527. The van der Waals surface area contributed by atoms with Gasteiger partial charge in [0.05, 0.1) is 16.1 Å². The average Bonchev–Trinajstić information content (AvgIpc) is 2.88. The molecule has 26 heavy (non-hydrogen) atoms. The van der Waals surface area contributed by atoms with E-state index < -0.39 is 21.6 Å². The molecular formula is C18H17FN2O4S. The maximum atomic E-state index is 14.6. The topological polar surface area (TPSA) is 72.5 Å². The van der Waals surface area contributed by atoms with Gasteiger partial charge in [-0.15, -0.1) is 0 Å². The Morgan fingerprint density at radius 1 is 1.19 bits per heavy atom. The monoisotopic (exact) mass is 376 g/mol. The molecule has 0 radical (unpaired) electrons. The van der Waals surface area contributed by atoms with E-state index in [1.807, 2.05) is 6.07 Å².